The molecule has 0 radical (unpaired) electrons. The number of rotatable bonds is 4. The summed E-state index contributed by atoms with van der Waals surface area (Å²) in [6.07, 6.45) is 1.59. The third-order valence-electron chi connectivity index (χ3n) is 3.12. The molecule has 0 aliphatic carbocycles. The van der Waals surface area contributed by atoms with Crippen LogP contribution in [0.3, 0.4) is 0 Å². The van der Waals surface area contributed by atoms with Crippen molar-refractivity contribution in [1.29, 1.82) is 0 Å². The number of carbonyl (C=O) groups is 1. The van der Waals surface area contributed by atoms with E-state index in [0.29, 0.717) is 12.2 Å². The van der Waals surface area contributed by atoms with Crippen LogP contribution in [0.15, 0.2) is 48.5 Å². The molecule has 1 N–H and O–H groups in total. The average molecular weight is 240 g/mol. The molecular weight excluding hydrogens is 224 g/mol. The van der Waals surface area contributed by atoms with Crippen molar-refractivity contribution in [3.63, 3.8) is 0 Å². The second-order valence-electron chi connectivity index (χ2n) is 4.43. The van der Waals surface area contributed by atoms with Gasteiger partial charge in [0.25, 0.3) is 0 Å². The molecule has 2 heteroatoms. The molecule has 0 aliphatic heterocycles. The number of hydrogen-bond acceptors (Lipinski definition) is 2. The van der Waals surface area contributed by atoms with Gasteiger partial charge in [0, 0.05) is 12.3 Å². The molecule has 0 fully saturated rings. The molecule has 18 heavy (non-hydrogen) atoms. The molecule has 1 unspecified atom stereocenters. The van der Waals surface area contributed by atoms with Crippen molar-refractivity contribution >= 4 is 6.29 Å². The molecule has 2 nitrogen and oxygen atoms in total. The minimum Gasteiger partial charge on any atom is -0.508 e. The Labute approximate surface area is 107 Å². The van der Waals surface area contributed by atoms with Gasteiger partial charge in [0.1, 0.15) is 12.0 Å². The predicted molar refractivity (Wildman–Crippen MR) is 71.8 cm³/mol. The van der Waals surface area contributed by atoms with Gasteiger partial charge in [-0.3, -0.25) is 0 Å². The molecule has 0 heterocycles. The first-order valence-corrected chi connectivity index (χ1v) is 6.02. The molecule has 1 atom stereocenters. The lowest BCUT2D eigenvalue weighted by Gasteiger charge is -2.12. The highest BCUT2D eigenvalue weighted by molar-refractivity contribution is 5.62. The SMILES string of the molecule is CC(C=O)c1ccccc1Cc1ccccc1O. The molecule has 0 bridgehead atoms. The van der Waals surface area contributed by atoms with Crippen LogP contribution in [0, 0.1) is 0 Å². The van der Waals surface area contributed by atoms with Crippen LogP contribution >= 0.6 is 0 Å². The highest BCUT2D eigenvalue weighted by atomic mass is 16.3. The smallest absolute Gasteiger partial charge is 0.127 e. The maximum atomic E-state index is 10.9. The summed E-state index contributed by atoms with van der Waals surface area (Å²) in [5.74, 6) is 0.179. The number of aromatic hydroxyl groups is 1. The van der Waals surface area contributed by atoms with E-state index >= 15 is 0 Å². The maximum Gasteiger partial charge on any atom is 0.127 e. The van der Waals surface area contributed by atoms with E-state index in [2.05, 4.69) is 0 Å². The van der Waals surface area contributed by atoms with E-state index in [1.54, 1.807) is 12.1 Å². The van der Waals surface area contributed by atoms with Crippen LogP contribution in [0.4, 0.5) is 0 Å². The Balaban J connectivity index is 2.35. The van der Waals surface area contributed by atoms with E-state index in [1.807, 2.05) is 43.3 Å². The molecular formula is C16H16O2. The van der Waals surface area contributed by atoms with Gasteiger partial charge in [0.2, 0.25) is 0 Å². The second-order valence-corrected chi connectivity index (χ2v) is 4.43. The van der Waals surface area contributed by atoms with Gasteiger partial charge in [-0.15, -0.1) is 0 Å². The molecule has 2 rings (SSSR count). The predicted octanol–water partition coefficient (Wildman–Crippen LogP) is 3.29. The van der Waals surface area contributed by atoms with Gasteiger partial charge in [0.15, 0.2) is 0 Å². The molecule has 92 valence electrons. The van der Waals surface area contributed by atoms with E-state index in [9.17, 15) is 9.90 Å². The first-order chi connectivity index (χ1) is 8.72. The largest absolute Gasteiger partial charge is 0.508 e. The summed E-state index contributed by atoms with van der Waals surface area (Å²) in [5.41, 5.74) is 2.98. The molecule has 0 saturated heterocycles. The van der Waals surface area contributed by atoms with Gasteiger partial charge < -0.3 is 9.90 Å². The zero-order valence-corrected chi connectivity index (χ0v) is 10.3. The Hall–Kier alpha value is -2.09. The Morgan fingerprint density at radius 1 is 1.06 bits per heavy atom. The van der Waals surface area contributed by atoms with Crippen molar-refractivity contribution in [2.45, 2.75) is 19.3 Å². The van der Waals surface area contributed by atoms with Crippen molar-refractivity contribution in [3.05, 3.63) is 65.2 Å². The molecule has 2 aromatic rings. The summed E-state index contributed by atoms with van der Waals surface area (Å²) in [7, 11) is 0. The van der Waals surface area contributed by atoms with Crippen LogP contribution in [0.5, 0.6) is 5.75 Å². The highest BCUT2D eigenvalue weighted by Gasteiger charge is 2.10. The summed E-state index contributed by atoms with van der Waals surface area (Å²) in [6, 6.07) is 15.1. The fourth-order valence-electron chi connectivity index (χ4n) is 2.08. The molecule has 0 aromatic heterocycles. The van der Waals surface area contributed by atoms with Crippen LogP contribution < -0.4 is 0 Å². The number of hydrogen-bond donors (Lipinski definition) is 1. The monoisotopic (exact) mass is 240 g/mol. The van der Waals surface area contributed by atoms with E-state index in [4.69, 9.17) is 0 Å². The van der Waals surface area contributed by atoms with Crippen molar-refractivity contribution in [2.24, 2.45) is 0 Å². The minimum absolute atomic E-state index is 0.118. The first-order valence-electron chi connectivity index (χ1n) is 6.02. The van der Waals surface area contributed by atoms with E-state index in [1.165, 1.54) is 0 Å². The van der Waals surface area contributed by atoms with Crippen LogP contribution in [-0.4, -0.2) is 11.4 Å². The van der Waals surface area contributed by atoms with Gasteiger partial charge in [-0.1, -0.05) is 49.4 Å². The molecule has 0 spiro atoms. The van der Waals surface area contributed by atoms with E-state index in [0.717, 1.165) is 23.0 Å². The van der Waals surface area contributed by atoms with Crippen molar-refractivity contribution in [3.8, 4) is 5.75 Å². The van der Waals surface area contributed by atoms with Gasteiger partial charge in [-0.25, -0.2) is 0 Å². The van der Waals surface area contributed by atoms with Gasteiger partial charge in [-0.2, -0.15) is 0 Å². The molecule has 0 saturated carbocycles. The Kier molecular flexibility index (Phi) is 3.78. The van der Waals surface area contributed by atoms with E-state index in [-0.39, 0.29) is 5.92 Å². The fraction of sp³-hybridized carbons (Fsp3) is 0.188. The summed E-state index contributed by atoms with van der Waals surface area (Å²) < 4.78 is 0. The quantitative estimate of drug-likeness (QED) is 0.833. The zero-order valence-electron chi connectivity index (χ0n) is 10.3. The Morgan fingerprint density at radius 3 is 2.33 bits per heavy atom. The molecule has 2 aromatic carbocycles. The third kappa shape index (κ3) is 2.59. The molecule has 0 aliphatic rings. The lowest BCUT2D eigenvalue weighted by molar-refractivity contribution is -0.108. The number of carbonyl (C=O) groups excluding carboxylic acids is 1. The standard InChI is InChI=1S/C16H16O2/c1-12(11-17)15-8-4-2-6-13(15)10-14-7-3-5-9-16(14)18/h2-9,11-12,18H,10H2,1H3. The maximum absolute atomic E-state index is 10.9. The van der Waals surface area contributed by atoms with Crippen molar-refractivity contribution < 1.29 is 9.90 Å². The molecule has 0 amide bonds. The van der Waals surface area contributed by atoms with Crippen LogP contribution in [-0.2, 0) is 11.2 Å². The van der Waals surface area contributed by atoms with Crippen molar-refractivity contribution in [1.82, 2.24) is 0 Å². The average Bonchev–Trinajstić information content (AvgIpc) is 2.41. The summed E-state index contributed by atoms with van der Waals surface area (Å²) >= 11 is 0. The number of aldehydes is 1. The second kappa shape index (κ2) is 5.50. The first kappa shape index (κ1) is 12.4. The van der Waals surface area contributed by atoms with Crippen LogP contribution in [0.25, 0.3) is 0 Å². The normalized spacial score (nSPS) is 12.1. The van der Waals surface area contributed by atoms with E-state index < -0.39 is 0 Å². The minimum atomic E-state index is -0.118. The van der Waals surface area contributed by atoms with Gasteiger partial charge in [0.05, 0.1) is 0 Å². The number of phenols is 1. The van der Waals surface area contributed by atoms with Gasteiger partial charge >= 0.3 is 0 Å². The summed E-state index contributed by atoms with van der Waals surface area (Å²) in [6.45, 7) is 1.89. The summed E-state index contributed by atoms with van der Waals surface area (Å²) in [4.78, 5) is 10.9. The lowest BCUT2D eigenvalue weighted by Crippen LogP contribution is -2.01. The fourth-order valence-corrected chi connectivity index (χ4v) is 2.08. The zero-order chi connectivity index (χ0) is 13.0. The van der Waals surface area contributed by atoms with Gasteiger partial charge in [-0.05, 0) is 22.8 Å². The highest BCUT2D eigenvalue weighted by Crippen LogP contribution is 2.24. The Morgan fingerprint density at radius 2 is 1.67 bits per heavy atom. The topological polar surface area (TPSA) is 37.3 Å². The van der Waals surface area contributed by atoms with Crippen LogP contribution in [0.2, 0.25) is 0 Å². The number of benzene rings is 2. The number of para-hydroxylation sites is 1. The third-order valence-corrected chi connectivity index (χ3v) is 3.12. The van der Waals surface area contributed by atoms with Crippen molar-refractivity contribution in [2.75, 3.05) is 0 Å². The lowest BCUT2D eigenvalue weighted by atomic mass is 9.92. The summed E-state index contributed by atoms with van der Waals surface area (Å²) in [5, 5.41) is 9.79. The Bertz CT molecular complexity index is 546. The van der Waals surface area contributed by atoms with Crippen LogP contribution in [0.1, 0.15) is 29.5 Å². The number of phenolic OH excluding ortho intramolecular Hbond substituents is 1.